The van der Waals surface area contributed by atoms with E-state index < -0.39 is 10.1 Å². The van der Waals surface area contributed by atoms with Gasteiger partial charge in [0.05, 0.1) is 5.75 Å². The summed E-state index contributed by atoms with van der Waals surface area (Å²) in [5.41, 5.74) is 0.699. The molecule has 0 spiro atoms. The second-order valence-electron chi connectivity index (χ2n) is 3.40. The van der Waals surface area contributed by atoms with Crippen molar-refractivity contribution in [1.29, 1.82) is 0 Å². The van der Waals surface area contributed by atoms with E-state index in [1.165, 1.54) is 6.92 Å². The molecule has 0 saturated heterocycles. The van der Waals surface area contributed by atoms with Gasteiger partial charge in [-0.15, -0.1) is 0 Å². The number of carbonyl (C=O) groups excluding carboxylic acids is 1. The van der Waals surface area contributed by atoms with E-state index in [0.717, 1.165) is 0 Å². The first-order chi connectivity index (χ1) is 7.35. The van der Waals surface area contributed by atoms with Crippen molar-refractivity contribution < 1.29 is 17.8 Å². The van der Waals surface area contributed by atoms with E-state index in [0.29, 0.717) is 12.2 Å². The Balaban J connectivity index is 3.95. The number of rotatable bonds is 8. The SMILES string of the molecule is CN/C=C(/CC(C)=O)NCCCS(=O)(=O)O. The standard InChI is InChI=1S/C9H18N2O4S/c1-8(12)6-9(7-10-2)11-4-3-5-16(13,14)15/h7,10-11H,3-6H2,1-2H3,(H,13,14,15)/b9-7-. The van der Waals surface area contributed by atoms with E-state index in [4.69, 9.17) is 4.55 Å². The minimum absolute atomic E-state index is 0.0174. The van der Waals surface area contributed by atoms with E-state index in [-0.39, 0.29) is 24.4 Å². The summed E-state index contributed by atoms with van der Waals surface area (Å²) >= 11 is 0. The molecule has 0 aliphatic carbocycles. The quantitative estimate of drug-likeness (QED) is 0.411. The van der Waals surface area contributed by atoms with Crippen LogP contribution in [0.2, 0.25) is 0 Å². The van der Waals surface area contributed by atoms with Crippen LogP contribution < -0.4 is 10.6 Å². The lowest BCUT2D eigenvalue weighted by molar-refractivity contribution is -0.116. The van der Waals surface area contributed by atoms with Crippen LogP contribution in [0.3, 0.4) is 0 Å². The van der Waals surface area contributed by atoms with Gasteiger partial charge < -0.3 is 10.6 Å². The third kappa shape index (κ3) is 9.47. The average Bonchev–Trinajstić information content (AvgIpc) is 2.10. The Morgan fingerprint density at radius 1 is 1.44 bits per heavy atom. The predicted molar refractivity (Wildman–Crippen MR) is 61.5 cm³/mol. The summed E-state index contributed by atoms with van der Waals surface area (Å²) in [5, 5.41) is 5.71. The van der Waals surface area contributed by atoms with Gasteiger partial charge in [0.2, 0.25) is 0 Å². The fraction of sp³-hybridized carbons (Fsp3) is 0.667. The minimum atomic E-state index is -3.90. The second-order valence-corrected chi connectivity index (χ2v) is 4.98. The number of ketones is 1. The zero-order valence-corrected chi connectivity index (χ0v) is 10.3. The van der Waals surface area contributed by atoms with Gasteiger partial charge in [0.15, 0.2) is 0 Å². The molecule has 0 heterocycles. The van der Waals surface area contributed by atoms with Gasteiger partial charge in [-0.05, 0) is 13.3 Å². The first kappa shape index (κ1) is 14.9. The topological polar surface area (TPSA) is 95.5 Å². The molecule has 0 saturated carbocycles. The van der Waals surface area contributed by atoms with Crippen LogP contribution in [0.5, 0.6) is 0 Å². The van der Waals surface area contributed by atoms with Crippen molar-refractivity contribution in [2.24, 2.45) is 0 Å². The molecule has 0 radical (unpaired) electrons. The third-order valence-corrected chi connectivity index (χ3v) is 2.49. The molecule has 0 aromatic carbocycles. The molecule has 0 bridgehead atoms. The minimum Gasteiger partial charge on any atom is -0.393 e. The van der Waals surface area contributed by atoms with Crippen molar-refractivity contribution in [2.75, 3.05) is 19.3 Å². The Bertz CT molecular complexity index is 349. The molecule has 0 rings (SSSR count). The molecule has 94 valence electrons. The number of hydrogen-bond acceptors (Lipinski definition) is 5. The lowest BCUT2D eigenvalue weighted by Crippen LogP contribution is -2.21. The molecule has 7 heteroatoms. The van der Waals surface area contributed by atoms with Crippen molar-refractivity contribution in [3.63, 3.8) is 0 Å². The summed E-state index contributed by atoms with van der Waals surface area (Å²) in [6, 6.07) is 0. The van der Waals surface area contributed by atoms with Gasteiger partial charge >= 0.3 is 0 Å². The van der Waals surface area contributed by atoms with Crippen molar-refractivity contribution in [3.05, 3.63) is 11.9 Å². The summed E-state index contributed by atoms with van der Waals surface area (Å²) in [5.74, 6) is -0.267. The normalized spacial score (nSPS) is 12.3. The Labute approximate surface area is 95.9 Å². The Hall–Kier alpha value is -1.08. The average molecular weight is 250 g/mol. The number of Topliss-reactive ketones (excluding diaryl/α,β-unsaturated/α-hetero) is 1. The summed E-state index contributed by atoms with van der Waals surface area (Å²) in [6.07, 6.45) is 2.21. The van der Waals surface area contributed by atoms with Gasteiger partial charge in [0.1, 0.15) is 5.78 Å². The third-order valence-electron chi connectivity index (χ3n) is 1.69. The van der Waals surface area contributed by atoms with Crippen molar-refractivity contribution in [3.8, 4) is 0 Å². The molecule has 0 aromatic rings. The smallest absolute Gasteiger partial charge is 0.264 e. The maximum absolute atomic E-state index is 10.9. The maximum atomic E-state index is 10.9. The number of nitrogens with one attached hydrogen (secondary N) is 2. The number of carbonyl (C=O) groups is 1. The van der Waals surface area contributed by atoms with Crippen molar-refractivity contribution in [1.82, 2.24) is 10.6 Å². The molecule has 0 unspecified atom stereocenters. The number of hydrogen-bond donors (Lipinski definition) is 3. The van der Waals surface area contributed by atoms with Crippen LogP contribution in [-0.4, -0.2) is 38.1 Å². The highest BCUT2D eigenvalue weighted by molar-refractivity contribution is 7.85. The summed E-state index contributed by atoms with van der Waals surface area (Å²) in [6.45, 7) is 1.87. The van der Waals surface area contributed by atoms with E-state index >= 15 is 0 Å². The Morgan fingerprint density at radius 3 is 2.50 bits per heavy atom. The first-order valence-corrected chi connectivity index (χ1v) is 6.51. The molecule has 0 aliphatic heterocycles. The van der Waals surface area contributed by atoms with Gasteiger partial charge in [-0.3, -0.25) is 9.35 Å². The Kier molecular flexibility index (Phi) is 6.75. The van der Waals surface area contributed by atoms with Gasteiger partial charge in [-0.2, -0.15) is 8.42 Å². The predicted octanol–water partition coefficient (Wildman–Crippen LogP) is -0.106. The van der Waals surface area contributed by atoms with Crippen LogP contribution in [0.1, 0.15) is 19.8 Å². The highest BCUT2D eigenvalue weighted by atomic mass is 32.2. The summed E-state index contributed by atoms with van der Waals surface area (Å²) in [7, 11) is -2.19. The van der Waals surface area contributed by atoms with Gasteiger partial charge in [-0.1, -0.05) is 0 Å². The molecular formula is C9H18N2O4S. The van der Waals surface area contributed by atoms with Crippen LogP contribution >= 0.6 is 0 Å². The van der Waals surface area contributed by atoms with Gasteiger partial charge in [0.25, 0.3) is 10.1 Å². The number of allylic oxidation sites excluding steroid dienone is 1. The molecule has 6 nitrogen and oxygen atoms in total. The molecule has 0 fully saturated rings. The molecule has 0 atom stereocenters. The van der Waals surface area contributed by atoms with Crippen LogP contribution in [0.25, 0.3) is 0 Å². The molecule has 3 N–H and O–H groups in total. The molecule has 0 amide bonds. The summed E-state index contributed by atoms with van der Waals surface area (Å²) < 4.78 is 29.3. The van der Waals surface area contributed by atoms with E-state index in [2.05, 4.69) is 10.6 Å². The zero-order chi connectivity index (χ0) is 12.6. The van der Waals surface area contributed by atoms with Crippen molar-refractivity contribution >= 4 is 15.9 Å². The lowest BCUT2D eigenvalue weighted by atomic mass is 10.2. The monoisotopic (exact) mass is 250 g/mol. The fourth-order valence-electron chi connectivity index (χ4n) is 1.11. The van der Waals surface area contributed by atoms with Crippen LogP contribution in [0, 0.1) is 0 Å². The fourth-order valence-corrected chi connectivity index (χ4v) is 1.62. The van der Waals surface area contributed by atoms with Crippen molar-refractivity contribution in [2.45, 2.75) is 19.8 Å². The van der Waals surface area contributed by atoms with Crippen LogP contribution in [-0.2, 0) is 14.9 Å². The highest BCUT2D eigenvalue weighted by Crippen LogP contribution is 1.97. The maximum Gasteiger partial charge on any atom is 0.264 e. The largest absolute Gasteiger partial charge is 0.393 e. The molecular weight excluding hydrogens is 232 g/mol. The molecule has 0 aliphatic rings. The van der Waals surface area contributed by atoms with Crippen LogP contribution in [0.4, 0.5) is 0 Å². The summed E-state index contributed by atoms with van der Waals surface area (Å²) in [4.78, 5) is 10.9. The zero-order valence-electron chi connectivity index (χ0n) is 9.49. The van der Waals surface area contributed by atoms with Gasteiger partial charge in [0, 0.05) is 31.9 Å². The first-order valence-electron chi connectivity index (χ1n) is 4.90. The van der Waals surface area contributed by atoms with E-state index in [1.807, 2.05) is 0 Å². The van der Waals surface area contributed by atoms with Gasteiger partial charge in [-0.25, -0.2) is 0 Å². The lowest BCUT2D eigenvalue weighted by Gasteiger charge is -2.09. The highest BCUT2D eigenvalue weighted by Gasteiger charge is 2.04. The molecule has 0 aromatic heterocycles. The molecule has 16 heavy (non-hydrogen) atoms. The van der Waals surface area contributed by atoms with Crippen LogP contribution in [0.15, 0.2) is 11.9 Å². The van der Waals surface area contributed by atoms with E-state index in [9.17, 15) is 13.2 Å². The second kappa shape index (κ2) is 7.24. The van der Waals surface area contributed by atoms with E-state index in [1.54, 1.807) is 13.2 Å². The Morgan fingerprint density at radius 2 is 2.06 bits per heavy atom.